The van der Waals surface area contributed by atoms with Crippen LogP contribution in [-0.4, -0.2) is 25.5 Å². The standard InChI is InChI=1S/C13H15N5O5/c1-7(2)3-10-15-11(23-16-10)6-17-5-8(18(21)22)4-9(12(14)19)13(17)20/h4-5,7H,3,6H2,1-2H3,(H2,14,19). The highest BCUT2D eigenvalue weighted by molar-refractivity contribution is 5.92. The van der Waals surface area contributed by atoms with E-state index < -0.39 is 27.6 Å². The molecule has 10 heteroatoms. The summed E-state index contributed by atoms with van der Waals surface area (Å²) in [6.07, 6.45) is 1.60. The van der Waals surface area contributed by atoms with Gasteiger partial charge in [0.25, 0.3) is 17.2 Å². The summed E-state index contributed by atoms with van der Waals surface area (Å²) < 4.78 is 5.97. The minimum atomic E-state index is -1.04. The van der Waals surface area contributed by atoms with Crippen LogP contribution in [0.1, 0.15) is 35.9 Å². The fraction of sp³-hybridized carbons (Fsp3) is 0.385. The van der Waals surface area contributed by atoms with Crippen LogP contribution in [-0.2, 0) is 13.0 Å². The molecule has 0 atom stereocenters. The number of carbonyl (C=O) groups excluding carboxylic acids is 1. The van der Waals surface area contributed by atoms with Crippen molar-refractivity contribution in [3.05, 3.63) is 50.0 Å². The number of aromatic nitrogens is 3. The summed E-state index contributed by atoms with van der Waals surface area (Å²) in [5, 5.41) is 14.7. The quantitative estimate of drug-likeness (QED) is 0.601. The second kappa shape index (κ2) is 6.38. The monoisotopic (exact) mass is 321 g/mol. The van der Waals surface area contributed by atoms with E-state index in [0.717, 1.165) is 16.8 Å². The Balaban J connectivity index is 2.39. The number of nitrogens with two attached hydrogens (primary N) is 1. The highest BCUT2D eigenvalue weighted by atomic mass is 16.6. The topological polar surface area (TPSA) is 147 Å². The van der Waals surface area contributed by atoms with Gasteiger partial charge in [0.15, 0.2) is 5.82 Å². The molecule has 0 unspecified atom stereocenters. The Hall–Kier alpha value is -3.04. The Morgan fingerprint density at radius 2 is 2.22 bits per heavy atom. The molecule has 1 amide bonds. The van der Waals surface area contributed by atoms with Crippen LogP contribution in [0.5, 0.6) is 0 Å². The van der Waals surface area contributed by atoms with E-state index in [1.807, 2.05) is 13.8 Å². The van der Waals surface area contributed by atoms with Gasteiger partial charge in [0.2, 0.25) is 5.89 Å². The van der Waals surface area contributed by atoms with Crippen molar-refractivity contribution in [1.82, 2.24) is 14.7 Å². The predicted octanol–water partition coefficient (Wildman–Crippen LogP) is 0.485. The Morgan fingerprint density at radius 3 is 2.78 bits per heavy atom. The van der Waals surface area contributed by atoms with Crippen LogP contribution in [0.15, 0.2) is 21.6 Å². The molecule has 10 nitrogen and oxygen atoms in total. The third-order valence-corrected chi connectivity index (χ3v) is 2.95. The molecule has 0 aliphatic carbocycles. The van der Waals surface area contributed by atoms with Crippen molar-refractivity contribution in [3.8, 4) is 0 Å². The number of pyridine rings is 1. The molecule has 2 aromatic heterocycles. The van der Waals surface area contributed by atoms with Crippen LogP contribution < -0.4 is 11.3 Å². The maximum Gasteiger partial charge on any atom is 0.286 e. The fourth-order valence-corrected chi connectivity index (χ4v) is 1.96. The van der Waals surface area contributed by atoms with Crippen molar-refractivity contribution in [2.24, 2.45) is 11.7 Å². The largest absolute Gasteiger partial charge is 0.365 e. The highest BCUT2D eigenvalue weighted by Crippen LogP contribution is 2.12. The third-order valence-electron chi connectivity index (χ3n) is 2.95. The minimum Gasteiger partial charge on any atom is -0.365 e. The Labute approximate surface area is 130 Å². The van der Waals surface area contributed by atoms with Crippen LogP contribution >= 0.6 is 0 Å². The Bertz CT molecular complexity index is 807. The lowest BCUT2D eigenvalue weighted by Crippen LogP contribution is -2.30. The average Bonchev–Trinajstić information content (AvgIpc) is 2.86. The summed E-state index contributed by atoms with van der Waals surface area (Å²) >= 11 is 0. The fourth-order valence-electron chi connectivity index (χ4n) is 1.96. The molecule has 0 aliphatic heterocycles. The first kappa shape index (κ1) is 16.3. The summed E-state index contributed by atoms with van der Waals surface area (Å²) in [5.74, 6) is -0.136. The molecule has 0 aliphatic rings. The zero-order chi connectivity index (χ0) is 17.1. The molecule has 2 rings (SSSR count). The molecule has 122 valence electrons. The molecule has 0 fully saturated rings. The second-order valence-electron chi connectivity index (χ2n) is 5.37. The predicted molar refractivity (Wildman–Crippen MR) is 77.8 cm³/mol. The molecule has 0 saturated heterocycles. The van der Waals surface area contributed by atoms with Gasteiger partial charge < -0.3 is 10.3 Å². The van der Waals surface area contributed by atoms with Crippen molar-refractivity contribution in [2.75, 3.05) is 0 Å². The van der Waals surface area contributed by atoms with E-state index in [9.17, 15) is 19.7 Å². The van der Waals surface area contributed by atoms with Crippen LogP contribution in [0.3, 0.4) is 0 Å². The first-order chi connectivity index (χ1) is 10.8. The van der Waals surface area contributed by atoms with E-state index in [-0.39, 0.29) is 12.4 Å². The van der Waals surface area contributed by atoms with Gasteiger partial charge in [-0.1, -0.05) is 19.0 Å². The van der Waals surface area contributed by atoms with E-state index in [1.54, 1.807) is 0 Å². The number of hydrogen-bond acceptors (Lipinski definition) is 7. The summed E-state index contributed by atoms with van der Waals surface area (Å²) in [7, 11) is 0. The lowest BCUT2D eigenvalue weighted by Gasteiger charge is -2.04. The molecule has 2 N–H and O–H groups in total. The number of rotatable bonds is 6. The molecule has 2 aromatic rings. The van der Waals surface area contributed by atoms with Crippen molar-refractivity contribution in [3.63, 3.8) is 0 Å². The highest BCUT2D eigenvalue weighted by Gasteiger charge is 2.19. The van der Waals surface area contributed by atoms with Gasteiger partial charge in [0, 0.05) is 12.5 Å². The first-order valence-electron chi connectivity index (χ1n) is 6.78. The average molecular weight is 321 g/mol. The van der Waals surface area contributed by atoms with Gasteiger partial charge in [-0.05, 0) is 5.92 Å². The van der Waals surface area contributed by atoms with Crippen LogP contribution in [0.25, 0.3) is 0 Å². The van der Waals surface area contributed by atoms with E-state index in [1.165, 1.54) is 0 Å². The number of amides is 1. The molecule has 0 radical (unpaired) electrons. The summed E-state index contributed by atoms with van der Waals surface area (Å²) in [4.78, 5) is 37.7. The van der Waals surface area contributed by atoms with E-state index in [2.05, 4.69) is 10.1 Å². The lowest BCUT2D eigenvalue weighted by molar-refractivity contribution is -0.385. The minimum absolute atomic E-state index is 0.110. The van der Waals surface area contributed by atoms with Crippen LogP contribution in [0.4, 0.5) is 5.69 Å². The summed E-state index contributed by atoms with van der Waals surface area (Å²) in [5.41, 5.74) is 3.42. The molecular weight excluding hydrogens is 306 g/mol. The van der Waals surface area contributed by atoms with Crippen molar-refractivity contribution in [1.29, 1.82) is 0 Å². The molecule has 0 aromatic carbocycles. The van der Waals surface area contributed by atoms with E-state index >= 15 is 0 Å². The number of nitrogens with zero attached hydrogens (tertiary/aromatic N) is 4. The van der Waals surface area contributed by atoms with Gasteiger partial charge in [-0.2, -0.15) is 4.98 Å². The molecule has 0 saturated carbocycles. The molecule has 0 bridgehead atoms. The van der Waals surface area contributed by atoms with Gasteiger partial charge in [0.1, 0.15) is 12.1 Å². The first-order valence-corrected chi connectivity index (χ1v) is 6.78. The number of carbonyl (C=O) groups is 1. The van der Waals surface area contributed by atoms with Crippen molar-refractivity contribution >= 4 is 11.6 Å². The molecule has 0 spiro atoms. The SMILES string of the molecule is CC(C)Cc1noc(Cn2cc([N+](=O)[O-])cc(C(N)=O)c2=O)n1. The van der Waals surface area contributed by atoms with Gasteiger partial charge >= 0.3 is 0 Å². The van der Waals surface area contributed by atoms with E-state index in [4.69, 9.17) is 10.3 Å². The van der Waals surface area contributed by atoms with Crippen molar-refractivity contribution < 1.29 is 14.2 Å². The Kier molecular flexibility index (Phi) is 4.53. The number of primary amides is 1. The Morgan fingerprint density at radius 1 is 1.52 bits per heavy atom. The zero-order valence-electron chi connectivity index (χ0n) is 12.6. The normalized spacial score (nSPS) is 10.9. The van der Waals surface area contributed by atoms with E-state index in [0.29, 0.717) is 18.2 Å². The van der Waals surface area contributed by atoms with Gasteiger partial charge in [-0.3, -0.25) is 24.3 Å². The summed E-state index contributed by atoms with van der Waals surface area (Å²) in [6.45, 7) is 3.78. The van der Waals surface area contributed by atoms with Gasteiger partial charge in [0.05, 0.1) is 11.1 Å². The molecular formula is C13H15N5O5. The maximum absolute atomic E-state index is 12.1. The van der Waals surface area contributed by atoms with Crippen molar-refractivity contribution in [2.45, 2.75) is 26.8 Å². The van der Waals surface area contributed by atoms with Gasteiger partial charge in [-0.25, -0.2) is 0 Å². The third kappa shape index (κ3) is 3.78. The van der Waals surface area contributed by atoms with Crippen LogP contribution in [0, 0.1) is 16.0 Å². The lowest BCUT2D eigenvalue weighted by atomic mass is 10.1. The number of nitro groups is 1. The zero-order valence-corrected chi connectivity index (χ0v) is 12.6. The maximum atomic E-state index is 12.1. The molecule has 23 heavy (non-hydrogen) atoms. The summed E-state index contributed by atoms with van der Waals surface area (Å²) in [6, 6.07) is 0.846. The molecule has 2 heterocycles. The number of hydrogen-bond donors (Lipinski definition) is 1. The smallest absolute Gasteiger partial charge is 0.286 e. The van der Waals surface area contributed by atoms with Crippen LogP contribution in [0.2, 0.25) is 0 Å². The van der Waals surface area contributed by atoms with Gasteiger partial charge in [-0.15, -0.1) is 0 Å². The second-order valence-corrected chi connectivity index (χ2v) is 5.37.